The Hall–Kier alpha value is -2.77. The molecule has 1 heterocycles. The summed E-state index contributed by atoms with van der Waals surface area (Å²) in [4.78, 5) is 49.8. The van der Waals surface area contributed by atoms with Crippen LogP contribution >= 0.6 is 0 Å². The van der Waals surface area contributed by atoms with E-state index < -0.39 is 22.4 Å². The van der Waals surface area contributed by atoms with Crippen LogP contribution in [-0.4, -0.2) is 51.6 Å². The van der Waals surface area contributed by atoms with Gasteiger partial charge in [-0.25, -0.2) is 0 Å². The minimum Gasteiger partial charge on any atom is -0.338 e. The van der Waals surface area contributed by atoms with E-state index in [9.17, 15) is 24.5 Å². The van der Waals surface area contributed by atoms with Gasteiger partial charge in [0.25, 0.3) is 17.5 Å². The average molecular weight is 317 g/mol. The zero-order valence-corrected chi connectivity index (χ0v) is 12.5. The van der Waals surface area contributed by atoms with Crippen LogP contribution in [0.25, 0.3) is 0 Å². The summed E-state index contributed by atoms with van der Waals surface area (Å²) in [6.45, 7) is 1.96. The number of rotatable bonds is 5. The van der Waals surface area contributed by atoms with Crippen LogP contribution in [0.1, 0.15) is 40.5 Å². The first-order valence-electron chi connectivity index (χ1n) is 7.38. The summed E-state index contributed by atoms with van der Waals surface area (Å²) < 4.78 is 0. The minimum absolute atomic E-state index is 0.0218. The van der Waals surface area contributed by atoms with Crippen LogP contribution in [0.2, 0.25) is 0 Å². The summed E-state index contributed by atoms with van der Waals surface area (Å²) in [5.74, 6) is -1.75. The van der Waals surface area contributed by atoms with Crippen molar-refractivity contribution in [3.05, 3.63) is 39.4 Å². The van der Waals surface area contributed by atoms with Crippen molar-refractivity contribution in [3.63, 3.8) is 0 Å². The summed E-state index contributed by atoms with van der Waals surface area (Å²) >= 11 is 0. The molecule has 3 amide bonds. The molecule has 0 spiro atoms. The standard InChI is InChI=1S/C15H15N3O5/c1-2-16(9-6-7-9)12(19)8-17-14(20)10-4-3-5-11(18(22)23)13(10)15(17)21/h3-5,9H,2,6-8H2,1H3. The molecule has 1 aromatic carbocycles. The van der Waals surface area contributed by atoms with Crippen molar-refractivity contribution < 1.29 is 19.3 Å². The van der Waals surface area contributed by atoms with Crippen molar-refractivity contribution in [2.45, 2.75) is 25.8 Å². The third kappa shape index (κ3) is 2.45. The predicted octanol–water partition coefficient (Wildman–Crippen LogP) is 1.20. The van der Waals surface area contributed by atoms with E-state index in [1.54, 1.807) is 4.90 Å². The highest BCUT2D eigenvalue weighted by Gasteiger charge is 2.43. The van der Waals surface area contributed by atoms with Gasteiger partial charge in [0.15, 0.2) is 0 Å². The summed E-state index contributed by atoms with van der Waals surface area (Å²) in [6, 6.07) is 4.08. The number of imide groups is 1. The van der Waals surface area contributed by atoms with Crippen LogP contribution in [0.5, 0.6) is 0 Å². The molecule has 1 aliphatic heterocycles. The van der Waals surface area contributed by atoms with Crippen molar-refractivity contribution in [3.8, 4) is 0 Å². The number of nitro benzene ring substituents is 1. The van der Waals surface area contributed by atoms with Gasteiger partial charge in [-0.05, 0) is 25.8 Å². The summed E-state index contributed by atoms with van der Waals surface area (Å²) in [5, 5.41) is 11.0. The maximum absolute atomic E-state index is 12.4. The van der Waals surface area contributed by atoms with Gasteiger partial charge in [-0.15, -0.1) is 0 Å². The van der Waals surface area contributed by atoms with E-state index in [4.69, 9.17) is 0 Å². The molecule has 1 aliphatic carbocycles. The third-order valence-electron chi connectivity index (χ3n) is 4.12. The van der Waals surface area contributed by atoms with E-state index in [1.807, 2.05) is 6.92 Å². The number of benzene rings is 1. The Kier molecular flexibility index (Phi) is 3.59. The van der Waals surface area contributed by atoms with Crippen LogP contribution < -0.4 is 0 Å². The first-order valence-corrected chi connectivity index (χ1v) is 7.38. The van der Waals surface area contributed by atoms with Crippen LogP contribution in [0, 0.1) is 10.1 Å². The first-order chi connectivity index (χ1) is 11.0. The molecule has 0 aromatic heterocycles. The number of carbonyl (C=O) groups excluding carboxylic acids is 3. The van der Waals surface area contributed by atoms with Crippen molar-refractivity contribution in [1.82, 2.24) is 9.80 Å². The number of hydrogen-bond donors (Lipinski definition) is 0. The molecule has 0 bridgehead atoms. The quantitative estimate of drug-likeness (QED) is 0.461. The Balaban J connectivity index is 1.87. The molecule has 8 nitrogen and oxygen atoms in total. The summed E-state index contributed by atoms with van der Waals surface area (Å²) in [7, 11) is 0. The monoisotopic (exact) mass is 317 g/mol. The molecule has 0 saturated heterocycles. The second kappa shape index (κ2) is 5.45. The molecule has 8 heteroatoms. The lowest BCUT2D eigenvalue weighted by atomic mass is 10.1. The van der Waals surface area contributed by atoms with E-state index >= 15 is 0 Å². The van der Waals surface area contributed by atoms with Gasteiger partial charge < -0.3 is 4.90 Å². The second-order valence-corrected chi connectivity index (χ2v) is 5.56. The number of nitrogens with zero attached hydrogens (tertiary/aromatic N) is 3. The lowest BCUT2D eigenvalue weighted by molar-refractivity contribution is -0.385. The second-order valence-electron chi connectivity index (χ2n) is 5.56. The molecule has 23 heavy (non-hydrogen) atoms. The Morgan fingerprint density at radius 1 is 1.35 bits per heavy atom. The molecule has 0 radical (unpaired) electrons. The van der Waals surface area contributed by atoms with E-state index in [2.05, 4.69) is 0 Å². The maximum atomic E-state index is 12.4. The number of nitro groups is 1. The van der Waals surface area contributed by atoms with Crippen molar-refractivity contribution in [2.24, 2.45) is 0 Å². The van der Waals surface area contributed by atoms with Crippen molar-refractivity contribution in [1.29, 1.82) is 0 Å². The Morgan fingerprint density at radius 3 is 2.61 bits per heavy atom. The highest BCUT2D eigenvalue weighted by molar-refractivity contribution is 6.24. The van der Waals surface area contributed by atoms with Crippen LogP contribution in [0.3, 0.4) is 0 Å². The van der Waals surface area contributed by atoms with Gasteiger partial charge in [0.2, 0.25) is 5.91 Å². The van der Waals surface area contributed by atoms with Crippen molar-refractivity contribution >= 4 is 23.4 Å². The fraction of sp³-hybridized carbons (Fsp3) is 0.400. The zero-order chi connectivity index (χ0) is 16.7. The number of likely N-dealkylation sites (N-methyl/N-ethyl adjacent to an activating group) is 1. The Morgan fingerprint density at radius 2 is 2.04 bits per heavy atom. The highest BCUT2D eigenvalue weighted by Crippen LogP contribution is 2.31. The molecule has 2 aliphatic rings. The third-order valence-corrected chi connectivity index (χ3v) is 4.12. The molecule has 0 N–H and O–H groups in total. The van der Waals surface area contributed by atoms with Gasteiger partial charge in [0.1, 0.15) is 12.1 Å². The number of fused-ring (bicyclic) bond motifs is 1. The Labute approximate surface area is 131 Å². The largest absolute Gasteiger partial charge is 0.338 e. The first kappa shape index (κ1) is 15.1. The van der Waals surface area contributed by atoms with Crippen LogP contribution in [0.4, 0.5) is 5.69 Å². The molecular formula is C15H15N3O5. The van der Waals surface area contributed by atoms with Gasteiger partial charge in [-0.2, -0.15) is 0 Å². The molecular weight excluding hydrogens is 302 g/mol. The normalized spacial score (nSPS) is 16.5. The van der Waals surface area contributed by atoms with E-state index in [0.717, 1.165) is 17.7 Å². The Bertz CT molecular complexity index is 726. The molecule has 1 saturated carbocycles. The molecule has 0 atom stereocenters. The smallest absolute Gasteiger partial charge is 0.282 e. The van der Waals surface area contributed by atoms with E-state index in [0.29, 0.717) is 6.54 Å². The van der Waals surface area contributed by atoms with Crippen LogP contribution in [-0.2, 0) is 4.79 Å². The topological polar surface area (TPSA) is 101 Å². The van der Waals surface area contributed by atoms with E-state index in [1.165, 1.54) is 18.2 Å². The van der Waals surface area contributed by atoms with Gasteiger partial charge >= 0.3 is 0 Å². The fourth-order valence-corrected chi connectivity index (χ4v) is 2.86. The zero-order valence-electron chi connectivity index (χ0n) is 12.5. The highest BCUT2D eigenvalue weighted by atomic mass is 16.6. The number of hydrogen-bond acceptors (Lipinski definition) is 5. The lowest BCUT2D eigenvalue weighted by Gasteiger charge is -2.23. The molecule has 3 rings (SSSR count). The molecule has 0 unspecified atom stereocenters. The van der Waals surface area contributed by atoms with E-state index in [-0.39, 0.29) is 29.6 Å². The number of carbonyl (C=O) groups is 3. The van der Waals surface area contributed by atoms with Crippen molar-refractivity contribution in [2.75, 3.05) is 13.1 Å². The predicted molar refractivity (Wildman–Crippen MR) is 78.9 cm³/mol. The lowest BCUT2D eigenvalue weighted by Crippen LogP contribution is -2.43. The van der Waals surface area contributed by atoms with Crippen LogP contribution in [0.15, 0.2) is 18.2 Å². The molecule has 1 aromatic rings. The maximum Gasteiger partial charge on any atom is 0.282 e. The van der Waals surface area contributed by atoms with Gasteiger partial charge in [0, 0.05) is 18.7 Å². The summed E-state index contributed by atoms with van der Waals surface area (Å²) in [6.07, 6.45) is 1.85. The van der Waals surface area contributed by atoms with Gasteiger partial charge in [-0.3, -0.25) is 29.4 Å². The molecule has 120 valence electrons. The van der Waals surface area contributed by atoms with Gasteiger partial charge in [0.05, 0.1) is 10.5 Å². The number of amides is 3. The molecule has 1 fully saturated rings. The minimum atomic E-state index is -0.780. The van der Waals surface area contributed by atoms with Gasteiger partial charge in [-0.1, -0.05) is 6.07 Å². The average Bonchev–Trinajstić information content (AvgIpc) is 3.32. The SMILES string of the molecule is CCN(C(=O)CN1C(=O)c2cccc([N+](=O)[O-])c2C1=O)C1CC1. The summed E-state index contributed by atoms with van der Waals surface area (Å²) in [5.41, 5.74) is -0.665. The fourth-order valence-electron chi connectivity index (χ4n) is 2.86.